The Morgan fingerprint density at radius 1 is 1.36 bits per heavy atom. The summed E-state index contributed by atoms with van der Waals surface area (Å²) in [7, 11) is 4.10. The van der Waals surface area contributed by atoms with Crippen LogP contribution in [0.1, 0.15) is 5.56 Å². The van der Waals surface area contributed by atoms with E-state index in [9.17, 15) is 0 Å². The second-order valence-electron chi connectivity index (χ2n) is 2.71. The molecule has 0 atom stereocenters. The van der Waals surface area contributed by atoms with Gasteiger partial charge < -0.3 is 4.81 Å². The molecule has 57 valence electrons. The standard InChI is InChI=1S/C9H13BN/c1-8-5-4-6-9(7-8)11(3)10-2/h4-7H,1-3H3. The van der Waals surface area contributed by atoms with Crippen molar-refractivity contribution < 1.29 is 0 Å². The third kappa shape index (κ3) is 2.00. The van der Waals surface area contributed by atoms with Crippen LogP contribution in [0.5, 0.6) is 0 Å². The molecule has 0 bridgehead atoms. The quantitative estimate of drug-likeness (QED) is 0.577. The van der Waals surface area contributed by atoms with Crippen molar-refractivity contribution in [3.05, 3.63) is 29.8 Å². The van der Waals surface area contributed by atoms with Crippen molar-refractivity contribution >= 4 is 13.1 Å². The second-order valence-corrected chi connectivity index (χ2v) is 2.71. The van der Waals surface area contributed by atoms with Crippen LogP contribution in [0.4, 0.5) is 5.69 Å². The highest BCUT2D eigenvalue weighted by Crippen LogP contribution is 2.12. The summed E-state index contributed by atoms with van der Waals surface area (Å²) in [5, 5.41) is 0. The lowest BCUT2D eigenvalue weighted by Gasteiger charge is -2.16. The summed E-state index contributed by atoms with van der Waals surface area (Å²) in [6.45, 7) is 4.13. The number of hydrogen-bond donors (Lipinski definition) is 0. The van der Waals surface area contributed by atoms with E-state index < -0.39 is 0 Å². The van der Waals surface area contributed by atoms with Crippen molar-refractivity contribution in [1.29, 1.82) is 0 Å². The van der Waals surface area contributed by atoms with E-state index in [1.807, 2.05) is 6.82 Å². The van der Waals surface area contributed by atoms with Crippen molar-refractivity contribution in [2.75, 3.05) is 11.9 Å². The molecule has 0 amide bonds. The fourth-order valence-corrected chi connectivity index (χ4v) is 0.996. The summed E-state index contributed by atoms with van der Waals surface area (Å²) in [6, 6.07) is 8.45. The van der Waals surface area contributed by atoms with E-state index in [4.69, 9.17) is 0 Å². The van der Waals surface area contributed by atoms with Gasteiger partial charge in [-0.2, -0.15) is 0 Å². The first kappa shape index (κ1) is 8.18. The number of aryl methyl sites for hydroxylation is 1. The number of rotatable bonds is 2. The lowest BCUT2D eigenvalue weighted by Crippen LogP contribution is -2.18. The van der Waals surface area contributed by atoms with Gasteiger partial charge in [0.05, 0.1) is 0 Å². The lowest BCUT2D eigenvalue weighted by atomic mass is 9.96. The molecular weight excluding hydrogens is 133 g/mol. The molecule has 0 N–H and O–H groups in total. The minimum absolute atomic E-state index is 1.24. The molecule has 0 aromatic heterocycles. The van der Waals surface area contributed by atoms with Crippen LogP contribution in [0.3, 0.4) is 0 Å². The minimum Gasteiger partial charge on any atom is -0.422 e. The monoisotopic (exact) mass is 146 g/mol. The molecule has 0 saturated heterocycles. The van der Waals surface area contributed by atoms with Gasteiger partial charge in [0, 0.05) is 5.69 Å². The van der Waals surface area contributed by atoms with Gasteiger partial charge in [0.15, 0.2) is 0 Å². The van der Waals surface area contributed by atoms with E-state index >= 15 is 0 Å². The van der Waals surface area contributed by atoms with Gasteiger partial charge in [-0.1, -0.05) is 19.0 Å². The molecule has 11 heavy (non-hydrogen) atoms. The van der Waals surface area contributed by atoms with Gasteiger partial charge in [0.1, 0.15) is 0 Å². The average molecular weight is 146 g/mol. The van der Waals surface area contributed by atoms with Crippen LogP contribution in [-0.4, -0.2) is 14.5 Å². The molecule has 1 aromatic rings. The Bertz CT molecular complexity index is 235. The third-order valence-electron chi connectivity index (χ3n) is 1.80. The van der Waals surface area contributed by atoms with E-state index in [1.54, 1.807) is 0 Å². The van der Waals surface area contributed by atoms with Gasteiger partial charge in [-0.15, -0.1) is 0 Å². The molecule has 1 rings (SSSR count). The van der Waals surface area contributed by atoms with Crippen LogP contribution < -0.4 is 4.81 Å². The first-order valence-electron chi connectivity index (χ1n) is 3.83. The molecule has 0 aliphatic rings. The molecule has 1 nitrogen and oxygen atoms in total. The largest absolute Gasteiger partial charge is 0.422 e. The third-order valence-corrected chi connectivity index (χ3v) is 1.80. The highest BCUT2D eigenvalue weighted by Gasteiger charge is 1.96. The van der Waals surface area contributed by atoms with Crippen molar-refractivity contribution in [2.24, 2.45) is 0 Å². The Morgan fingerprint density at radius 3 is 2.64 bits per heavy atom. The van der Waals surface area contributed by atoms with Gasteiger partial charge in [0.2, 0.25) is 7.41 Å². The molecule has 0 fully saturated rings. The average Bonchev–Trinajstić information content (AvgIpc) is 2.03. The maximum atomic E-state index is 2.17. The SMILES string of the molecule is C[B]N(C)c1cccc(C)c1. The molecule has 0 unspecified atom stereocenters. The molecule has 0 heterocycles. The van der Waals surface area contributed by atoms with E-state index in [1.165, 1.54) is 11.3 Å². The van der Waals surface area contributed by atoms with E-state index in [0.29, 0.717) is 0 Å². The minimum atomic E-state index is 1.24. The molecule has 2 heteroatoms. The maximum Gasteiger partial charge on any atom is 0.242 e. The first-order valence-corrected chi connectivity index (χ1v) is 3.83. The molecule has 1 aromatic carbocycles. The number of benzene rings is 1. The fraction of sp³-hybridized carbons (Fsp3) is 0.333. The van der Waals surface area contributed by atoms with Crippen LogP contribution in [-0.2, 0) is 0 Å². The van der Waals surface area contributed by atoms with Gasteiger partial charge in [0.25, 0.3) is 0 Å². The number of hydrogen-bond acceptors (Lipinski definition) is 1. The zero-order chi connectivity index (χ0) is 8.27. The number of nitrogens with zero attached hydrogens (tertiary/aromatic N) is 1. The Balaban J connectivity index is 2.86. The molecule has 0 spiro atoms. The Kier molecular flexibility index (Phi) is 2.58. The summed E-state index contributed by atoms with van der Waals surface area (Å²) in [5.41, 5.74) is 2.55. The number of anilines is 1. The zero-order valence-corrected chi connectivity index (χ0v) is 7.33. The van der Waals surface area contributed by atoms with Crippen LogP contribution in [0.2, 0.25) is 6.82 Å². The molecule has 0 saturated carbocycles. The Labute approximate surface area is 69.3 Å². The molecule has 0 aliphatic heterocycles. The normalized spacial score (nSPS) is 9.36. The van der Waals surface area contributed by atoms with Gasteiger partial charge in [-0.25, -0.2) is 0 Å². The molecule has 0 aliphatic carbocycles. The lowest BCUT2D eigenvalue weighted by molar-refractivity contribution is 1.30. The van der Waals surface area contributed by atoms with E-state index in [-0.39, 0.29) is 0 Å². The summed E-state index contributed by atoms with van der Waals surface area (Å²) in [5.74, 6) is 0. The van der Waals surface area contributed by atoms with Gasteiger partial charge >= 0.3 is 0 Å². The summed E-state index contributed by atoms with van der Waals surface area (Å²) in [4.78, 5) is 2.10. The predicted octanol–water partition coefficient (Wildman–Crippen LogP) is 2.10. The summed E-state index contributed by atoms with van der Waals surface area (Å²) >= 11 is 0. The zero-order valence-electron chi connectivity index (χ0n) is 7.33. The maximum absolute atomic E-state index is 2.17. The fourth-order valence-electron chi connectivity index (χ4n) is 0.996. The predicted molar refractivity (Wildman–Crippen MR) is 51.2 cm³/mol. The van der Waals surface area contributed by atoms with Crippen LogP contribution in [0.15, 0.2) is 24.3 Å². The molecular formula is C9H13BN. The van der Waals surface area contributed by atoms with Gasteiger partial charge in [-0.05, 0) is 31.7 Å². The van der Waals surface area contributed by atoms with Crippen LogP contribution in [0, 0.1) is 6.92 Å². The summed E-state index contributed by atoms with van der Waals surface area (Å²) < 4.78 is 0. The topological polar surface area (TPSA) is 3.24 Å². The highest BCUT2D eigenvalue weighted by molar-refractivity contribution is 6.39. The Hall–Kier alpha value is -0.915. The second kappa shape index (κ2) is 3.47. The highest BCUT2D eigenvalue weighted by atomic mass is 15.0. The van der Waals surface area contributed by atoms with E-state index in [0.717, 1.165) is 0 Å². The van der Waals surface area contributed by atoms with E-state index in [2.05, 4.69) is 50.5 Å². The van der Waals surface area contributed by atoms with Gasteiger partial charge in [-0.3, -0.25) is 0 Å². The summed E-state index contributed by atoms with van der Waals surface area (Å²) in [6.07, 6.45) is 0. The molecule has 1 radical (unpaired) electrons. The van der Waals surface area contributed by atoms with Crippen molar-refractivity contribution in [2.45, 2.75) is 13.7 Å². The van der Waals surface area contributed by atoms with Crippen LogP contribution >= 0.6 is 0 Å². The van der Waals surface area contributed by atoms with Crippen molar-refractivity contribution in [1.82, 2.24) is 0 Å². The first-order chi connectivity index (χ1) is 5.24. The van der Waals surface area contributed by atoms with Crippen molar-refractivity contribution in [3.63, 3.8) is 0 Å². The van der Waals surface area contributed by atoms with Crippen molar-refractivity contribution in [3.8, 4) is 0 Å². The van der Waals surface area contributed by atoms with Crippen LogP contribution in [0.25, 0.3) is 0 Å². The smallest absolute Gasteiger partial charge is 0.242 e. The Morgan fingerprint density at radius 2 is 2.09 bits per heavy atom.